The average molecular weight is 304 g/mol. The molecule has 0 aliphatic carbocycles. The molecule has 19 heavy (non-hydrogen) atoms. The van der Waals surface area contributed by atoms with Crippen LogP contribution in [0.5, 0.6) is 0 Å². The first-order chi connectivity index (χ1) is 8.88. The molecule has 1 aromatic carbocycles. The minimum absolute atomic E-state index is 0.0421. The van der Waals surface area contributed by atoms with E-state index in [0.29, 0.717) is 10.7 Å². The standard InChI is InChI=1S/C12H14ClNO4S/c1-18-11(15)12(6-7-19(16,17)8-12)14-10-5-3-2-4-9(10)13/h2-5,14H,6-8H2,1H3. The van der Waals surface area contributed by atoms with Crippen molar-refractivity contribution in [3.05, 3.63) is 29.3 Å². The number of sulfone groups is 1. The Morgan fingerprint density at radius 1 is 1.42 bits per heavy atom. The van der Waals surface area contributed by atoms with Crippen LogP contribution in [0.15, 0.2) is 24.3 Å². The molecule has 0 spiro atoms. The lowest BCUT2D eigenvalue weighted by molar-refractivity contribution is -0.145. The van der Waals surface area contributed by atoms with Crippen molar-refractivity contribution in [2.45, 2.75) is 12.0 Å². The highest BCUT2D eigenvalue weighted by atomic mass is 35.5. The van der Waals surface area contributed by atoms with Gasteiger partial charge in [-0.25, -0.2) is 13.2 Å². The number of para-hydroxylation sites is 1. The summed E-state index contributed by atoms with van der Waals surface area (Å²) in [5, 5.41) is 3.37. The number of halogens is 1. The predicted molar refractivity (Wildman–Crippen MR) is 73.1 cm³/mol. The Balaban J connectivity index is 2.36. The number of anilines is 1. The highest BCUT2D eigenvalue weighted by Gasteiger charge is 2.49. The second kappa shape index (κ2) is 5.02. The van der Waals surface area contributed by atoms with E-state index in [0.717, 1.165) is 0 Å². The van der Waals surface area contributed by atoms with E-state index in [9.17, 15) is 13.2 Å². The number of ether oxygens (including phenoxy) is 1. The molecule has 0 amide bonds. The van der Waals surface area contributed by atoms with Crippen molar-refractivity contribution >= 4 is 33.1 Å². The third-order valence-electron chi connectivity index (χ3n) is 3.13. The van der Waals surface area contributed by atoms with Crippen LogP contribution >= 0.6 is 11.6 Å². The molecule has 7 heteroatoms. The Labute approximate surface area is 116 Å². The van der Waals surface area contributed by atoms with Crippen molar-refractivity contribution in [2.75, 3.05) is 23.9 Å². The molecular formula is C12H14ClNO4S. The molecule has 0 saturated carbocycles. The average Bonchev–Trinajstić information content (AvgIpc) is 2.68. The highest BCUT2D eigenvalue weighted by molar-refractivity contribution is 7.91. The van der Waals surface area contributed by atoms with Gasteiger partial charge in [-0.15, -0.1) is 0 Å². The monoisotopic (exact) mass is 303 g/mol. The molecule has 1 aromatic rings. The van der Waals surface area contributed by atoms with Crippen molar-refractivity contribution in [1.29, 1.82) is 0 Å². The number of methoxy groups -OCH3 is 1. The van der Waals surface area contributed by atoms with E-state index in [1.165, 1.54) is 7.11 Å². The quantitative estimate of drug-likeness (QED) is 0.856. The third-order valence-corrected chi connectivity index (χ3v) is 5.22. The first kappa shape index (κ1) is 14.1. The van der Waals surface area contributed by atoms with Crippen molar-refractivity contribution in [1.82, 2.24) is 0 Å². The zero-order chi connectivity index (χ0) is 14.1. The minimum Gasteiger partial charge on any atom is -0.467 e. The summed E-state index contributed by atoms with van der Waals surface area (Å²) in [4.78, 5) is 11.9. The number of hydrogen-bond donors (Lipinski definition) is 1. The molecule has 1 atom stereocenters. The number of hydrogen-bond acceptors (Lipinski definition) is 5. The Bertz CT molecular complexity index is 602. The smallest absolute Gasteiger partial charge is 0.332 e. The maximum Gasteiger partial charge on any atom is 0.332 e. The Kier molecular flexibility index (Phi) is 3.73. The van der Waals surface area contributed by atoms with Crippen molar-refractivity contribution in [3.8, 4) is 0 Å². The Morgan fingerprint density at radius 3 is 2.63 bits per heavy atom. The van der Waals surface area contributed by atoms with Crippen molar-refractivity contribution in [2.24, 2.45) is 0 Å². The molecule has 104 valence electrons. The van der Waals surface area contributed by atoms with Gasteiger partial charge in [0.05, 0.1) is 29.3 Å². The van der Waals surface area contributed by atoms with Gasteiger partial charge in [-0.2, -0.15) is 0 Å². The summed E-state index contributed by atoms with van der Waals surface area (Å²) in [6.45, 7) is 0. The Hall–Kier alpha value is -1.27. The molecule has 1 saturated heterocycles. The molecule has 1 heterocycles. The maximum atomic E-state index is 11.9. The normalized spacial score (nSPS) is 24.9. The molecule has 1 fully saturated rings. The molecule has 1 unspecified atom stereocenters. The SMILES string of the molecule is COC(=O)C1(Nc2ccccc2Cl)CCS(=O)(=O)C1. The van der Waals surface area contributed by atoms with E-state index in [1.54, 1.807) is 24.3 Å². The second-order valence-corrected chi connectivity index (χ2v) is 7.11. The lowest BCUT2D eigenvalue weighted by Crippen LogP contribution is -2.48. The molecule has 0 bridgehead atoms. The fraction of sp³-hybridized carbons (Fsp3) is 0.417. The van der Waals surface area contributed by atoms with Crippen molar-refractivity contribution < 1.29 is 17.9 Å². The predicted octanol–water partition coefficient (Wildman–Crippen LogP) is 1.48. The van der Waals surface area contributed by atoms with Crippen LogP contribution < -0.4 is 5.32 Å². The second-order valence-electron chi connectivity index (χ2n) is 4.52. The van der Waals surface area contributed by atoms with Crippen molar-refractivity contribution in [3.63, 3.8) is 0 Å². The fourth-order valence-corrected chi connectivity index (χ4v) is 4.25. The van der Waals surface area contributed by atoms with Gasteiger partial charge in [-0.1, -0.05) is 23.7 Å². The van der Waals surface area contributed by atoms with Gasteiger partial charge < -0.3 is 10.1 Å². The molecule has 0 radical (unpaired) electrons. The topological polar surface area (TPSA) is 72.5 Å². The summed E-state index contributed by atoms with van der Waals surface area (Å²) < 4.78 is 28.1. The fourth-order valence-electron chi connectivity index (χ4n) is 2.18. The van der Waals surface area contributed by atoms with E-state index in [1.807, 2.05) is 0 Å². The van der Waals surface area contributed by atoms with E-state index in [2.05, 4.69) is 5.32 Å². The lowest BCUT2D eigenvalue weighted by atomic mass is 9.98. The van der Waals surface area contributed by atoms with E-state index in [-0.39, 0.29) is 17.9 Å². The van der Waals surface area contributed by atoms with Gasteiger partial charge >= 0.3 is 5.97 Å². The molecule has 5 nitrogen and oxygen atoms in total. The van der Waals surface area contributed by atoms with Gasteiger partial charge in [0.1, 0.15) is 0 Å². The molecule has 1 aliphatic heterocycles. The largest absolute Gasteiger partial charge is 0.467 e. The summed E-state index contributed by atoms with van der Waals surface area (Å²) in [6, 6.07) is 6.86. The number of esters is 1. The first-order valence-corrected chi connectivity index (χ1v) is 7.90. The lowest BCUT2D eigenvalue weighted by Gasteiger charge is -2.27. The summed E-state index contributed by atoms with van der Waals surface area (Å²) in [5.74, 6) is -0.911. The molecule has 2 rings (SSSR count). The van der Waals surface area contributed by atoms with E-state index in [4.69, 9.17) is 16.3 Å². The van der Waals surface area contributed by atoms with Crippen LogP contribution in [0.3, 0.4) is 0 Å². The number of rotatable bonds is 3. The molecule has 0 aromatic heterocycles. The van der Waals surface area contributed by atoms with Gasteiger partial charge in [-0.3, -0.25) is 0 Å². The zero-order valence-electron chi connectivity index (χ0n) is 10.3. The number of carbonyl (C=O) groups is 1. The van der Waals surface area contributed by atoms with Crippen LogP contribution in [-0.4, -0.2) is 38.5 Å². The zero-order valence-corrected chi connectivity index (χ0v) is 11.9. The van der Waals surface area contributed by atoms with Gasteiger partial charge in [0, 0.05) is 0 Å². The molecule has 1 aliphatic rings. The van der Waals surface area contributed by atoms with E-state index >= 15 is 0 Å². The van der Waals surface area contributed by atoms with Gasteiger partial charge in [-0.05, 0) is 18.6 Å². The summed E-state index contributed by atoms with van der Waals surface area (Å²) >= 11 is 6.02. The number of carbonyl (C=O) groups excluding carboxylic acids is 1. The van der Waals surface area contributed by atoms with Gasteiger partial charge in [0.25, 0.3) is 0 Å². The van der Waals surface area contributed by atoms with Crippen LogP contribution in [0.25, 0.3) is 0 Å². The molecular weight excluding hydrogens is 290 g/mol. The third kappa shape index (κ3) is 2.84. The number of nitrogens with one attached hydrogen (secondary N) is 1. The van der Waals surface area contributed by atoms with E-state index < -0.39 is 21.3 Å². The van der Waals surface area contributed by atoms with Gasteiger partial charge in [0.2, 0.25) is 0 Å². The van der Waals surface area contributed by atoms with Crippen LogP contribution in [0.4, 0.5) is 5.69 Å². The Morgan fingerprint density at radius 2 is 2.11 bits per heavy atom. The summed E-state index contributed by atoms with van der Waals surface area (Å²) in [5.41, 5.74) is -0.731. The number of benzene rings is 1. The summed E-state index contributed by atoms with van der Waals surface area (Å²) in [6.07, 6.45) is 0.174. The minimum atomic E-state index is -3.25. The highest BCUT2D eigenvalue weighted by Crippen LogP contribution is 2.32. The van der Waals surface area contributed by atoms with Crippen LogP contribution in [-0.2, 0) is 19.4 Å². The van der Waals surface area contributed by atoms with Crippen LogP contribution in [0.1, 0.15) is 6.42 Å². The first-order valence-electron chi connectivity index (χ1n) is 5.70. The maximum absolute atomic E-state index is 11.9. The summed E-state index contributed by atoms with van der Waals surface area (Å²) in [7, 11) is -2.01. The molecule has 1 N–H and O–H groups in total. The van der Waals surface area contributed by atoms with Crippen LogP contribution in [0, 0.1) is 0 Å². The van der Waals surface area contributed by atoms with Crippen LogP contribution in [0.2, 0.25) is 5.02 Å². The van der Waals surface area contributed by atoms with Gasteiger partial charge in [0.15, 0.2) is 15.4 Å².